The van der Waals surface area contributed by atoms with E-state index in [-0.39, 0.29) is 24.2 Å². The minimum Gasteiger partial charge on any atom is -0.492 e. The Kier molecular flexibility index (Phi) is 6.42. The second-order valence-corrected chi connectivity index (χ2v) is 7.00. The van der Waals surface area contributed by atoms with Gasteiger partial charge in [-0.1, -0.05) is 13.0 Å². The molecular formula is C14H22FNO3S. The van der Waals surface area contributed by atoms with Crippen LogP contribution in [0.2, 0.25) is 0 Å². The SMILES string of the molecule is CCCS(=O)(=O)CCOc1cc(F)ccc1C(C)NC. The van der Waals surface area contributed by atoms with E-state index in [2.05, 4.69) is 5.32 Å². The van der Waals surface area contributed by atoms with Crippen LogP contribution in [0.3, 0.4) is 0 Å². The van der Waals surface area contributed by atoms with E-state index in [1.807, 2.05) is 13.8 Å². The van der Waals surface area contributed by atoms with Gasteiger partial charge in [-0.15, -0.1) is 0 Å². The van der Waals surface area contributed by atoms with Crippen LogP contribution in [-0.4, -0.2) is 33.6 Å². The molecule has 0 radical (unpaired) electrons. The molecule has 0 heterocycles. The number of hydrogen-bond acceptors (Lipinski definition) is 4. The van der Waals surface area contributed by atoms with Crippen LogP contribution in [0, 0.1) is 5.82 Å². The Morgan fingerprint density at radius 1 is 1.35 bits per heavy atom. The molecule has 0 saturated carbocycles. The second-order valence-electron chi connectivity index (χ2n) is 4.69. The summed E-state index contributed by atoms with van der Waals surface area (Å²) in [7, 11) is -1.29. The van der Waals surface area contributed by atoms with Gasteiger partial charge in [0.1, 0.15) is 18.2 Å². The fourth-order valence-corrected chi connectivity index (χ4v) is 3.00. The van der Waals surface area contributed by atoms with Crippen LogP contribution in [0.15, 0.2) is 18.2 Å². The van der Waals surface area contributed by atoms with Crippen molar-refractivity contribution in [2.75, 3.05) is 25.2 Å². The number of sulfone groups is 1. The van der Waals surface area contributed by atoms with Crippen molar-refractivity contribution in [3.8, 4) is 5.75 Å². The van der Waals surface area contributed by atoms with E-state index in [0.29, 0.717) is 12.2 Å². The number of ether oxygens (including phenoxy) is 1. The van der Waals surface area contributed by atoms with E-state index < -0.39 is 15.7 Å². The van der Waals surface area contributed by atoms with Gasteiger partial charge in [-0.05, 0) is 26.5 Å². The zero-order valence-corrected chi connectivity index (χ0v) is 13.0. The van der Waals surface area contributed by atoms with E-state index in [1.54, 1.807) is 13.1 Å². The molecule has 1 aromatic rings. The summed E-state index contributed by atoms with van der Waals surface area (Å²) in [6.45, 7) is 3.78. The average Bonchev–Trinajstić information content (AvgIpc) is 2.37. The lowest BCUT2D eigenvalue weighted by Gasteiger charge is -2.16. The molecule has 0 bridgehead atoms. The molecule has 0 aliphatic rings. The molecule has 0 aliphatic heterocycles. The Labute approximate surface area is 120 Å². The number of nitrogens with one attached hydrogen (secondary N) is 1. The molecule has 1 aromatic carbocycles. The van der Waals surface area contributed by atoms with E-state index in [1.165, 1.54) is 12.1 Å². The first-order chi connectivity index (χ1) is 9.39. The Morgan fingerprint density at radius 3 is 2.65 bits per heavy atom. The van der Waals surface area contributed by atoms with Gasteiger partial charge in [-0.3, -0.25) is 0 Å². The first-order valence-corrected chi connectivity index (χ1v) is 8.51. The zero-order valence-electron chi connectivity index (χ0n) is 12.1. The van der Waals surface area contributed by atoms with Crippen LogP contribution in [-0.2, 0) is 9.84 Å². The highest BCUT2D eigenvalue weighted by molar-refractivity contribution is 7.91. The summed E-state index contributed by atoms with van der Waals surface area (Å²) in [6, 6.07) is 4.30. The third kappa shape index (κ3) is 5.09. The standard InChI is InChI=1S/C14H22FNO3S/c1-4-8-20(17,18)9-7-19-14-10-12(15)5-6-13(14)11(2)16-3/h5-6,10-11,16H,4,7-9H2,1-3H3. The highest BCUT2D eigenvalue weighted by Crippen LogP contribution is 2.25. The quantitative estimate of drug-likeness (QED) is 0.800. The van der Waals surface area contributed by atoms with E-state index in [9.17, 15) is 12.8 Å². The maximum atomic E-state index is 13.3. The zero-order chi connectivity index (χ0) is 15.2. The van der Waals surface area contributed by atoms with Crippen molar-refractivity contribution in [2.45, 2.75) is 26.3 Å². The molecule has 0 saturated heterocycles. The fraction of sp³-hybridized carbons (Fsp3) is 0.571. The van der Waals surface area contributed by atoms with E-state index in [4.69, 9.17) is 4.74 Å². The lowest BCUT2D eigenvalue weighted by Crippen LogP contribution is -2.18. The predicted molar refractivity (Wildman–Crippen MR) is 78.3 cm³/mol. The minimum absolute atomic E-state index is 0.00199. The number of halogens is 1. The maximum absolute atomic E-state index is 13.3. The summed E-state index contributed by atoms with van der Waals surface area (Å²) in [4.78, 5) is 0. The molecular weight excluding hydrogens is 281 g/mol. The Hall–Kier alpha value is -1.14. The molecule has 0 aromatic heterocycles. The largest absolute Gasteiger partial charge is 0.492 e. The predicted octanol–water partition coefficient (Wildman–Crippen LogP) is 2.31. The van der Waals surface area contributed by atoms with Crippen LogP contribution >= 0.6 is 0 Å². The molecule has 20 heavy (non-hydrogen) atoms. The third-order valence-corrected chi connectivity index (χ3v) is 4.86. The van der Waals surface area contributed by atoms with Gasteiger partial charge in [0.05, 0.1) is 11.5 Å². The normalized spacial score (nSPS) is 13.2. The maximum Gasteiger partial charge on any atom is 0.153 e. The van der Waals surface area contributed by atoms with Crippen molar-refractivity contribution in [2.24, 2.45) is 0 Å². The minimum atomic E-state index is -3.08. The molecule has 0 aliphatic carbocycles. The third-order valence-electron chi connectivity index (χ3n) is 3.04. The second kappa shape index (κ2) is 7.59. The van der Waals surface area contributed by atoms with Crippen molar-refractivity contribution < 1.29 is 17.5 Å². The molecule has 1 atom stereocenters. The Balaban J connectivity index is 2.74. The summed E-state index contributed by atoms with van der Waals surface area (Å²) in [5.41, 5.74) is 0.807. The highest BCUT2D eigenvalue weighted by Gasteiger charge is 2.13. The van der Waals surface area contributed by atoms with Gasteiger partial charge in [-0.2, -0.15) is 0 Å². The molecule has 114 valence electrons. The van der Waals surface area contributed by atoms with Crippen LogP contribution in [0.1, 0.15) is 31.9 Å². The monoisotopic (exact) mass is 303 g/mol. The van der Waals surface area contributed by atoms with Crippen molar-refractivity contribution >= 4 is 9.84 Å². The van der Waals surface area contributed by atoms with Gasteiger partial charge in [-0.25, -0.2) is 12.8 Å². The summed E-state index contributed by atoms with van der Waals surface area (Å²) in [6.07, 6.45) is 0.588. The van der Waals surface area contributed by atoms with E-state index in [0.717, 1.165) is 5.56 Å². The van der Waals surface area contributed by atoms with Crippen molar-refractivity contribution in [3.63, 3.8) is 0 Å². The molecule has 0 fully saturated rings. The van der Waals surface area contributed by atoms with Gasteiger partial charge in [0.2, 0.25) is 0 Å². The first-order valence-electron chi connectivity index (χ1n) is 6.69. The molecule has 0 spiro atoms. The first kappa shape index (κ1) is 16.9. The van der Waals surface area contributed by atoms with E-state index >= 15 is 0 Å². The molecule has 0 amide bonds. The number of rotatable bonds is 8. The topological polar surface area (TPSA) is 55.4 Å². The summed E-state index contributed by atoms with van der Waals surface area (Å²) >= 11 is 0. The summed E-state index contributed by atoms with van der Waals surface area (Å²) < 4.78 is 41.9. The van der Waals surface area contributed by atoms with Gasteiger partial charge < -0.3 is 10.1 Å². The van der Waals surface area contributed by atoms with Gasteiger partial charge in [0.15, 0.2) is 9.84 Å². The van der Waals surface area contributed by atoms with Gasteiger partial charge >= 0.3 is 0 Å². The Bertz CT molecular complexity index is 531. The van der Waals surface area contributed by atoms with Crippen LogP contribution < -0.4 is 10.1 Å². The van der Waals surface area contributed by atoms with Crippen molar-refractivity contribution in [1.82, 2.24) is 5.32 Å². The molecule has 4 nitrogen and oxygen atoms in total. The average molecular weight is 303 g/mol. The molecule has 1 rings (SSSR count). The summed E-state index contributed by atoms with van der Waals surface area (Å²) in [5.74, 6) is 0.0892. The molecule has 1 unspecified atom stereocenters. The van der Waals surface area contributed by atoms with Gasteiger partial charge in [0.25, 0.3) is 0 Å². The summed E-state index contributed by atoms with van der Waals surface area (Å²) in [5, 5.41) is 3.05. The lowest BCUT2D eigenvalue weighted by molar-refractivity contribution is 0.332. The molecule has 1 N–H and O–H groups in total. The van der Waals surface area contributed by atoms with Crippen LogP contribution in [0.5, 0.6) is 5.75 Å². The number of hydrogen-bond donors (Lipinski definition) is 1. The van der Waals surface area contributed by atoms with Crippen LogP contribution in [0.25, 0.3) is 0 Å². The highest BCUT2D eigenvalue weighted by atomic mass is 32.2. The Morgan fingerprint density at radius 2 is 2.05 bits per heavy atom. The van der Waals surface area contributed by atoms with Crippen molar-refractivity contribution in [1.29, 1.82) is 0 Å². The van der Waals surface area contributed by atoms with Crippen molar-refractivity contribution in [3.05, 3.63) is 29.6 Å². The molecule has 6 heteroatoms. The van der Waals surface area contributed by atoms with Crippen LogP contribution in [0.4, 0.5) is 4.39 Å². The fourth-order valence-electron chi connectivity index (χ4n) is 1.84. The number of benzene rings is 1. The smallest absolute Gasteiger partial charge is 0.153 e. The lowest BCUT2D eigenvalue weighted by atomic mass is 10.1. The van der Waals surface area contributed by atoms with Gasteiger partial charge in [0, 0.05) is 17.7 Å².